The van der Waals surface area contributed by atoms with Gasteiger partial charge in [-0.25, -0.2) is 4.98 Å². The summed E-state index contributed by atoms with van der Waals surface area (Å²) in [4.78, 5) is 19.6. The number of anilines is 1. The number of para-hydroxylation sites is 4. The van der Waals surface area contributed by atoms with Gasteiger partial charge >= 0.3 is 0 Å². The van der Waals surface area contributed by atoms with E-state index in [-0.39, 0.29) is 11.8 Å². The molecule has 0 N–H and O–H groups in total. The molecule has 0 aliphatic carbocycles. The molecule has 5 nitrogen and oxygen atoms in total. The Morgan fingerprint density at radius 3 is 2.55 bits per heavy atom. The van der Waals surface area contributed by atoms with E-state index in [0.29, 0.717) is 24.6 Å². The Hall–Kier alpha value is -3.31. The Kier molecular flexibility index (Phi) is 6.31. The van der Waals surface area contributed by atoms with E-state index in [1.807, 2.05) is 77.7 Å². The molecule has 168 valence electrons. The molecular weight excluding hydrogens is 434 g/mol. The van der Waals surface area contributed by atoms with Gasteiger partial charge in [-0.05, 0) is 49.2 Å². The second-order valence-electron chi connectivity index (χ2n) is 8.34. The van der Waals surface area contributed by atoms with Gasteiger partial charge in [0.25, 0.3) is 0 Å². The summed E-state index contributed by atoms with van der Waals surface area (Å²) in [5.74, 6) is 1.94. The average molecular weight is 460 g/mol. The Balaban J connectivity index is 1.30. The second kappa shape index (κ2) is 9.67. The van der Waals surface area contributed by atoms with Gasteiger partial charge in [0.2, 0.25) is 5.91 Å². The van der Waals surface area contributed by atoms with Crippen molar-refractivity contribution in [1.82, 2.24) is 9.55 Å². The number of rotatable bonds is 8. The molecule has 0 saturated carbocycles. The number of carbonyl (C=O) groups is 1. The zero-order valence-electron chi connectivity index (χ0n) is 18.4. The second-order valence-corrected chi connectivity index (χ2v) is 8.74. The molecule has 0 bridgehead atoms. The Morgan fingerprint density at radius 2 is 1.70 bits per heavy atom. The Labute approximate surface area is 198 Å². The van der Waals surface area contributed by atoms with E-state index in [4.69, 9.17) is 21.3 Å². The highest BCUT2D eigenvalue weighted by Crippen LogP contribution is 2.33. The predicted molar refractivity (Wildman–Crippen MR) is 132 cm³/mol. The van der Waals surface area contributed by atoms with Crippen molar-refractivity contribution in [3.8, 4) is 5.75 Å². The van der Waals surface area contributed by atoms with E-state index >= 15 is 0 Å². The summed E-state index contributed by atoms with van der Waals surface area (Å²) in [6.45, 7) is 2.09. The van der Waals surface area contributed by atoms with Crippen LogP contribution in [-0.2, 0) is 11.3 Å². The molecule has 1 saturated heterocycles. The lowest BCUT2D eigenvalue weighted by atomic mass is 10.1. The van der Waals surface area contributed by atoms with Gasteiger partial charge in [-0.1, -0.05) is 54.1 Å². The topological polar surface area (TPSA) is 47.4 Å². The molecule has 1 amide bonds. The third kappa shape index (κ3) is 4.60. The maximum atomic E-state index is 12.8. The Morgan fingerprint density at radius 1 is 0.939 bits per heavy atom. The summed E-state index contributed by atoms with van der Waals surface area (Å²) in [6.07, 6.45) is 2.33. The van der Waals surface area contributed by atoms with Crippen LogP contribution in [0.2, 0.25) is 5.02 Å². The monoisotopic (exact) mass is 459 g/mol. The van der Waals surface area contributed by atoms with Crippen molar-refractivity contribution >= 4 is 34.2 Å². The number of fused-ring (bicyclic) bond motifs is 1. The normalized spacial score (nSPS) is 16.0. The third-order valence-corrected chi connectivity index (χ3v) is 6.42. The van der Waals surface area contributed by atoms with Gasteiger partial charge < -0.3 is 14.2 Å². The van der Waals surface area contributed by atoms with Crippen molar-refractivity contribution in [1.29, 1.82) is 0 Å². The lowest BCUT2D eigenvalue weighted by Gasteiger charge is -2.17. The lowest BCUT2D eigenvalue weighted by molar-refractivity contribution is -0.117. The van der Waals surface area contributed by atoms with Gasteiger partial charge in [0.1, 0.15) is 11.6 Å². The van der Waals surface area contributed by atoms with Crippen LogP contribution in [0.15, 0.2) is 78.9 Å². The SMILES string of the molecule is O=C1CC(c2nc3ccccc3n2CCCCOc2ccccc2Cl)CN1c1ccccc1. The summed E-state index contributed by atoms with van der Waals surface area (Å²) in [7, 11) is 0. The number of nitrogens with zero attached hydrogens (tertiary/aromatic N) is 3. The number of aryl methyl sites for hydroxylation is 1. The van der Waals surface area contributed by atoms with Crippen molar-refractivity contribution in [2.24, 2.45) is 0 Å². The van der Waals surface area contributed by atoms with Crippen molar-refractivity contribution in [3.05, 3.63) is 89.7 Å². The predicted octanol–water partition coefficient (Wildman–Crippen LogP) is 6.07. The molecular formula is C27H26ClN3O2. The summed E-state index contributed by atoms with van der Waals surface area (Å²) in [5, 5.41) is 0.634. The summed E-state index contributed by atoms with van der Waals surface area (Å²) in [6, 6.07) is 25.6. The summed E-state index contributed by atoms with van der Waals surface area (Å²) >= 11 is 6.18. The molecule has 2 heterocycles. The van der Waals surface area contributed by atoms with Crippen molar-refractivity contribution < 1.29 is 9.53 Å². The highest BCUT2D eigenvalue weighted by molar-refractivity contribution is 6.32. The van der Waals surface area contributed by atoms with Crippen LogP contribution in [0.3, 0.4) is 0 Å². The van der Waals surface area contributed by atoms with E-state index in [1.54, 1.807) is 0 Å². The first kappa shape index (κ1) is 21.5. The molecule has 0 spiro atoms. The number of hydrogen-bond donors (Lipinski definition) is 0. The number of benzene rings is 3. The van der Waals surface area contributed by atoms with Crippen molar-refractivity contribution in [2.75, 3.05) is 18.1 Å². The molecule has 1 atom stereocenters. The van der Waals surface area contributed by atoms with E-state index in [1.165, 1.54) is 0 Å². The maximum absolute atomic E-state index is 12.8. The van der Waals surface area contributed by atoms with Crippen LogP contribution >= 0.6 is 11.6 Å². The number of hydrogen-bond acceptors (Lipinski definition) is 3. The molecule has 1 aliphatic rings. The smallest absolute Gasteiger partial charge is 0.227 e. The first-order valence-corrected chi connectivity index (χ1v) is 11.8. The Bertz CT molecular complexity index is 1250. The number of carbonyl (C=O) groups excluding carboxylic acids is 1. The number of halogens is 1. The molecule has 1 fully saturated rings. The van der Waals surface area contributed by atoms with Gasteiger partial charge in [0, 0.05) is 31.1 Å². The van der Waals surface area contributed by atoms with E-state index < -0.39 is 0 Å². The molecule has 4 aromatic rings. The fraction of sp³-hybridized carbons (Fsp3) is 0.259. The largest absolute Gasteiger partial charge is 0.492 e. The molecule has 1 aromatic heterocycles. The van der Waals surface area contributed by atoms with E-state index in [2.05, 4.69) is 10.6 Å². The number of unbranched alkanes of at least 4 members (excludes halogenated alkanes) is 1. The van der Waals surface area contributed by atoms with Crippen LogP contribution in [-0.4, -0.2) is 28.6 Å². The molecule has 1 aliphatic heterocycles. The molecule has 3 aromatic carbocycles. The summed E-state index contributed by atoms with van der Waals surface area (Å²) < 4.78 is 8.13. The van der Waals surface area contributed by atoms with E-state index in [0.717, 1.165) is 47.7 Å². The van der Waals surface area contributed by atoms with Crippen LogP contribution < -0.4 is 9.64 Å². The minimum absolute atomic E-state index is 0.0736. The lowest BCUT2D eigenvalue weighted by Crippen LogP contribution is -2.24. The summed E-state index contributed by atoms with van der Waals surface area (Å²) in [5.41, 5.74) is 3.04. The van der Waals surface area contributed by atoms with Crippen LogP contribution in [0.1, 0.15) is 31.0 Å². The third-order valence-electron chi connectivity index (χ3n) is 6.11. The maximum Gasteiger partial charge on any atom is 0.227 e. The highest BCUT2D eigenvalue weighted by Gasteiger charge is 2.34. The minimum Gasteiger partial charge on any atom is -0.492 e. The molecule has 1 unspecified atom stereocenters. The molecule has 0 radical (unpaired) electrons. The van der Waals surface area contributed by atoms with Crippen molar-refractivity contribution in [2.45, 2.75) is 31.7 Å². The fourth-order valence-corrected chi connectivity index (χ4v) is 4.68. The van der Waals surface area contributed by atoms with Gasteiger partial charge in [0.15, 0.2) is 0 Å². The van der Waals surface area contributed by atoms with Crippen LogP contribution in [0.5, 0.6) is 5.75 Å². The number of aromatic nitrogens is 2. The quantitative estimate of drug-likeness (QED) is 0.300. The van der Waals surface area contributed by atoms with Crippen LogP contribution in [0, 0.1) is 0 Å². The van der Waals surface area contributed by atoms with Gasteiger partial charge in [-0.15, -0.1) is 0 Å². The standard InChI is InChI=1S/C27H26ClN3O2/c28-22-12-4-7-15-25(22)33-17-9-8-16-30-24-14-6-5-13-23(24)29-27(30)20-18-26(32)31(19-20)21-10-2-1-3-11-21/h1-7,10-15,20H,8-9,16-19H2. The molecule has 33 heavy (non-hydrogen) atoms. The average Bonchev–Trinajstić information content (AvgIpc) is 3.41. The number of amides is 1. The van der Waals surface area contributed by atoms with Gasteiger partial charge in [-0.2, -0.15) is 0 Å². The zero-order chi connectivity index (χ0) is 22.6. The van der Waals surface area contributed by atoms with Gasteiger partial charge in [0.05, 0.1) is 22.7 Å². The molecule has 5 rings (SSSR count). The zero-order valence-corrected chi connectivity index (χ0v) is 19.1. The fourth-order valence-electron chi connectivity index (χ4n) is 4.49. The van der Waals surface area contributed by atoms with Crippen LogP contribution in [0.4, 0.5) is 5.69 Å². The number of imidazole rings is 1. The van der Waals surface area contributed by atoms with Crippen LogP contribution in [0.25, 0.3) is 11.0 Å². The number of ether oxygens (including phenoxy) is 1. The highest BCUT2D eigenvalue weighted by atomic mass is 35.5. The molecule has 6 heteroatoms. The first-order valence-electron chi connectivity index (χ1n) is 11.4. The minimum atomic E-state index is 0.0736. The first-order chi connectivity index (χ1) is 16.2. The van der Waals surface area contributed by atoms with Crippen molar-refractivity contribution in [3.63, 3.8) is 0 Å². The van der Waals surface area contributed by atoms with Gasteiger partial charge in [-0.3, -0.25) is 4.79 Å². The van der Waals surface area contributed by atoms with E-state index in [9.17, 15) is 4.79 Å².